The third-order valence-corrected chi connectivity index (χ3v) is 2.59. The number of hydrogen-bond acceptors (Lipinski definition) is 5. The molecule has 98 valence electrons. The first-order chi connectivity index (χ1) is 8.75. The molecular weight excluding hydrogens is 234 g/mol. The normalized spacial score (nSPS) is 28.4. The molecule has 2 rings (SSSR count). The third-order valence-electron chi connectivity index (χ3n) is 2.59. The maximum atomic E-state index is 9.61. The van der Waals surface area contributed by atoms with E-state index in [1.54, 1.807) is 6.92 Å². The summed E-state index contributed by atoms with van der Waals surface area (Å²) < 4.78 is 10.5. The lowest BCUT2D eigenvalue weighted by molar-refractivity contribution is -0.224. The Kier molecular flexibility index (Phi) is 4.69. The smallest absolute Gasteiger partial charge is 0.155 e. The van der Waals surface area contributed by atoms with Crippen molar-refractivity contribution in [3.05, 3.63) is 35.9 Å². The van der Waals surface area contributed by atoms with Crippen molar-refractivity contribution < 1.29 is 19.4 Å². The quantitative estimate of drug-likeness (QED) is 0.647. The van der Waals surface area contributed by atoms with Gasteiger partial charge in [-0.15, -0.1) is 0 Å². The first-order valence-corrected chi connectivity index (χ1v) is 5.90. The van der Waals surface area contributed by atoms with Crippen LogP contribution in [0.4, 0.5) is 0 Å². The van der Waals surface area contributed by atoms with Crippen molar-refractivity contribution >= 4 is 6.21 Å². The van der Waals surface area contributed by atoms with E-state index >= 15 is 0 Å². The molecule has 0 unspecified atom stereocenters. The van der Waals surface area contributed by atoms with Crippen molar-refractivity contribution in [2.45, 2.75) is 32.0 Å². The lowest BCUT2D eigenvalue weighted by Crippen LogP contribution is -2.43. The van der Waals surface area contributed by atoms with Crippen molar-refractivity contribution in [2.24, 2.45) is 5.16 Å². The summed E-state index contributed by atoms with van der Waals surface area (Å²) >= 11 is 0. The van der Waals surface area contributed by atoms with Crippen LogP contribution in [-0.4, -0.2) is 36.4 Å². The molecule has 5 heteroatoms. The van der Waals surface area contributed by atoms with Crippen LogP contribution in [0.2, 0.25) is 0 Å². The summed E-state index contributed by atoms with van der Waals surface area (Å²) in [5.74, 6) is 0. The number of rotatable bonds is 4. The van der Waals surface area contributed by atoms with Gasteiger partial charge in [0.2, 0.25) is 0 Å². The lowest BCUT2D eigenvalue weighted by Gasteiger charge is -2.29. The average molecular weight is 251 g/mol. The van der Waals surface area contributed by atoms with Gasteiger partial charge in [-0.25, -0.2) is 0 Å². The predicted octanol–water partition coefficient (Wildman–Crippen LogP) is 1.31. The van der Waals surface area contributed by atoms with E-state index in [1.165, 1.54) is 6.21 Å². The first kappa shape index (κ1) is 13.0. The molecule has 0 bridgehead atoms. The number of benzene rings is 1. The highest BCUT2D eigenvalue weighted by atomic mass is 16.7. The van der Waals surface area contributed by atoms with Crippen molar-refractivity contribution in [3.8, 4) is 0 Å². The van der Waals surface area contributed by atoms with Crippen LogP contribution in [0.1, 0.15) is 12.5 Å². The monoisotopic (exact) mass is 251 g/mol. The van der Waals surface area contributed by atoms with E-state index in [-0.39, 0.29) is 12.9 Å². The molecule has 18 heavy (non-hydrogen) atoms. The fraction of sp³-hybridized carbons (Fsp3) is 0.462. The van der Waals surface area contributed by atoms with Crippen LogP contribution in [0.15, 0.2) is 35.5 Å². The fourth-order valence-corrected chi connectivity index (χ4v) is 1.60. The maximum Gasteiger partial charge on any atom is 0.155 e. The number of nitrogens with zero attached hydrogens (tertiary/aromatic N) is 1. The highest BCUT2D eigenvalue weighted by Crippen LogP contribution is 2.11. The fourth-order valence-electron chi connectivity index (χ4n) is 1.60. The van der Waals surface area contributed by atoms with Crippen LogP contribution in [0.3, 0.4) is 0 Å². The van der Waals surface area contributed by atoms with E-state index in [4.69, 9.17) is 14.3 Å². The van der Waals surface area contributed by atoms with Gasteiger partial charge in [0.1, 0.15) is 18.8 Å². The Morgan fingerprint density at radius 2 is 2.22 bits per heavy atom. The molecule has 0 saturated carbocycles. The second kappa shape index (κ2) is 6.49. The van der Waals surface area contributed by atoms with Gasteiger partial charge in [0, 0.05) is 0 Å². The van der Waals surface area contributed by atoms with Crippen molar-refractivity contribution in [1.82, 2.24) is 0 Å². The molecule has 1 fully saturated rings. The lowest BCUT2D eigenvalue weighted by atomic mass is 10.2. The van der Waals surface area contributed by atoms with Gasteiger partial charge in [-0.2, -0.15) is 0 Å². The van der Waals surface area contributed by atoms with E-state index in [2.05, 4.69) is 5.16 Å². The second-order valence-electron chi connectivity index (χ2n) is 4.08. The standard InChI is InChI=1S/C13H17NO4/c1-10-16-9-12(15)13(18-10)7-14-17-8-11-5-3-2-4-6-11/h2-7,10,12-13,15H,8-9H2,1H3/b14-7+/t10-,12-,13+/m1/s1. The Labute approximate surface area is 106 Å². The van der Waals surface area contributed by atoms with E-state index < -0.39 is 12.2 Å². The van der Waals surface area contributed by atoms with Gasteiger partial charge in [0.05, 0.1) is 12.8 Å². The number of oxime groups is 1. The first-order valence-electron chi connectivity index (χ1n) is 5.90. The summed E-state index contributed by atoms with van der Waals surface area (Å²) in [5, 5.41) is 13.4. The Balaban J connectivity index is 1.77. The molecule has 0 aromatic heterocycles. The second-order valence-corrected chi connectivity index (χ2v) is 4.08. The van der Waals surface area contributed by atoms with Crippen LogP contribution in [0.5, 0.6) is 0 Å². The van der Waals surface area contributed by atoms with Gasteiger partial charge in [-0.1, -0.05) is 35.5 Å². The molecule has 1 aromatic rings. The Morgan fingerprint density at radius 1 is 1.44 bits per heavy atom. The molecule has 0 spiro atoms. The molecule has 1 aliphatic rings. The highest BCUT2D eigenvalue weighted by molar-refractivity contribution is 5.63. The SMILES string of the molecule is C[C@@H]1OC[C@@H](O)[C@H](/C=N/OCc2ccccc2)O1. The average Bonchev–Trinajstić information content (AvgIpc) is 2.40. The van der Waals surface area contributed by atoms with Gasteiger partial charge in [0.15, 0.2) is 6.29 Å². The third kappa shape index (κ3) is 3.80. The number of aliphatic hydroxyl groups excluding tert-OH is 1. The summed E-state index contributed by atoms with van der Waals surface area (Å²) in [5.41, 5.74) is 1.04. The number of hydrogen-bond donors (Lipinski definition) is 1. The summed E-state index contributed by atoms with van der Waals surface area (Å²) in [4.78, 5) is 5.14. The zero-order chi connectivity index (χ0) is 12.8. The molecule has 0 amide bonds. The molecule has 1 saturated heterocycles. The molecule has 1 aliphatic heterocycles. The van der Waals surface area contributed by atoms with Crippen LogP contribution in [0, 0.1) is 0 Å². The molecule has 5 nitrogen and oxygen atoms in total. The van der Waals surface area contributed by atoms with Gasteiger partial charge in [-0.05, 0) is 12.5 Å². The minimum atomic E-state index is -0.703. The summed E-state index contributed by atoms with van der Waals surface area (Å²) in [6.45, 7) is 2.42. The van der Waals surface area contributed by atoms with Gasteiger partial charge < -0.3 is 19.4 Å². The minimum Gasteiger partial charge on any atom is -0.391 e. The van der Waals surface area contributed by atoms with Gasteiger partial charge >= 0.3 is 0 Å². The molecular formula is C13H17NO4. The van der Waals surface area contributed by atoms with Crippen LogP contribution in [-0.2, 0) is 20.9 Å². The Hall–Kier alpha value is -1.43. The van der Waals surface area contributed by atoms with Gasteiger partial charge in [0.25, 0.3) is 0 Å². The van der Waals surface area contributed by atoms with Crippen molar-refractivity contribution in [2.75, 3.05) is 6.61 Å². The van der Waals surface area contributed by atoms with E-state index in [9.17, 15) is 5.11 Å². The Bertz CT molecular complexity index is 382. The highest BCUT2D eigenvalue weighted by Gasteiger charge is 2.27. The zero-order valence-corrected chi connectivity index (χ0v) is 10.2. The van der Waals surface area contributed by atoms with Crippen LogP contribution in [0.25, 0.3) is 0 Å². The summed E-state index contributed by atoms with van der Waals surface area (Å²) in [6.07, 6.45) is -0.0547. The van der Waals surface area contributed by atoms with Crippen LogP contribution < -0.4 is 0 Å². The van der Waals surface area contributed by atoms with E-state index in [1.807, 2.05) is 30.3 Å². The van der Waals surface area contributed by atoms with Crippen molar-refractivity contribution in [1.29, 1.82) is 0 Å². The summed E-state index contributed by atoms with van der Waals surface area (Å²) in [7, 11) is 0. The molecule has 0 radical (unpaired) electrons. The molecule has 1 aromatic carbocycles. The largest absolute Gasteiger partial charge is 0.391 e. The number of aliphatic hydroxyl groups is 1. The topological polar surface area (TPSA) is 60.3 Å². The minimum absolute atomic E-state index is 0.247. The molecule has 0 aliphatic carbocycles. The summed E-state index contributed by atoms with van der Waals surface area (Å²) in [6, 6.07) is 9.74. The van der Waals surface area contributed by atoms with Gasteiger partial charge in [-0.3, -0.25) is 0 Å². The van der Waals surface area contributed by atoms with E-state index in [0.717, 1.165) is 5.56 Å². The Morgan fingerprint density at radius 3 is 3.00 bits per heavy atom. The molecule has 3 atom stereocenters. The predicted molar refractivity (Wildman–Crippen MR) is 66.0 cm³/mol. The number of ether oxygens (including phenoxy) is 2. The molecule has 1 heterocycles. The maximum absolute atomic E-state index is 9.61. The van der Waals surface area contributed by atoms with Crippen LogP contribution >= 0.6 is 0 Å². The van der Waals surface area contributed by atoms with Crippen molar-refractivity contribution in [3.63, 3.8) is 0 Å². The zero-order valence-electron chi connectivity index (χ0n) is 10.2. The van der Waals surface area contributed by atoms with E-state index in [0.29, 0.717) is 6.61 Å². The molecule has 1 N–H and O–H groups in total.